The molecule has 28 heavy (non-hydrogen) atoms. The molecule has 148 valence electrons. The van der Waals surface area contributed by atoms with Gasteiger partial charge in [-0.1, -0.05) is 12.1 Å². The van der Waals surface area contributed by atoms with E-state index in [1.54, 1.807) is 26.0 Å². The third kappa shape index (κ3) is 3.78. The highest BCUT2D eigenvalue weighted by Crippen LogP contribution is 2.34. The molecule has 9 heteroatoms. The van der Waals surface area contributed by atoms with Crippen molar-refractivity contribution in [3.8, 4) is 5.75 Å². The van der Waals surface area contributed by atoms with Crippen LogP contribution in [0.5, 0.6) is 5.75 Å². The quantitative estimate of drug-likeness (QED) is 0.836. The lowest BCUT2D eigenvalue weighted by atomic mass is 10.0. The van der Waals surface area contributed by atoms with Crippen LogP contribution >= 0.6 is 0 Å². The zero-order valence-electron chi connectivity index (χ0n) is 15.1. The largest absolute Gasteiger partial charge is 0.484 e. The second-order valence-corrected chi connectivity index (χ2v) is 6.53. The highest BCUT2D eigenvalue weighted by Gasteiger charge is 2.35. The number of hydrogen-bond donors (Lipinski definition) is 1. The minimum Gasteiger partial charge on any atom is -0.484 e. The van der Waals surface area contributed by atoms with E-state index in [0.717, 1.165) is 0 Å². The lowest BCUT2D eigenvalue weighted by Gasteiger charge is -2.25. The number of aromatic nitrogens is 1. The first-order valence-corrected chi connectivity index (χ1v) is 8.40. The van der Waals surface area contributed by atoms with E-state index in [2.05, 4.69) is 4.98 Å². The fourth-order valence-electron chi connectivity index (χ4n) is 3.18. The molecule has 1 atom stereocenters. The van der Waals surface area contributed by atoms with E-state index in [4.69, 9.17) is 4.74 Å². The second-order valence-electron chi connectivity index (χ2n) is 6.53. The smallest absolute Gasteiger partial charge is 0.422 e. The van der Waals surface area contributed by atoms with Gasteiger partial charge in [-0.15, -0.1) is 0 Å². The van der Waals surface area contributed by atoms with Gasteiger partial charge in [0.15, 0.2) is 12.3 Å². The normalized spacial score (nSPS) is 14.8. The number of nitrogens with zero attached hydrogens (tertiary/aromatic N) is 2. The first kappa shape index (κ1) is 19.7. The molecule has 1 unspecified atom stereocenters. The average Bonchev–Trinajstić information content (AvgIpc) is 2.96. The number of amides is 1. The molecule has 2 aromatic rings. The Morgan fingerprint density at radius 2 is 2.07 bits per heavy atom. The Labute approximate surface area is 158 Å². The number of hydrogen-bond acceptors (Lipinski definition) is 4. The molecule has 1 amide bonds. The summed E-state index contributed by atoms with van der Waals surface area (Å²) in [5.74, 6) is -1.41. The Kier molecular flexibility index (Phi) is 5.01. The molecule has 0 aliphatic carbocycles. The number of aryl methyl sites for hydroxylation is 1. The van der Waals surface area contributed by atoms with E-state index in [9.17, 15) is 27.9 Å². The third-order valence-corrected chi connectivity index (χ3v) is 4.62. The van der Waals surface area contributed by atoms with Crippen molar-refractivity contribution < 1.29 is 32.6 Å². The summed E-state index contributed by atoms with van der Waals surface area (Å²) in [6.45, 7) is 2.10. The third-order valence-electron chi connectivity index (χ3n) is 4.62. The van der Waals surface area contributed by atoms with Gasteiger partial charge in [0.05, 0.1) is 6.04 Å². The molecule has 3 rings (SSSR count). The number of carboxylic acids is 1. The van der Waals surface area contributed by atoms with Crippen molar-refractivity contribution in [3.05, 3.63) is 58.4 Å². The minimum absolute atomic E-state index is 0.0934. The van der Waals surface area contributed by atoms with Gasteiger partial charge in [0.25, 0.3) is 5.91 Å². The van der Waals surface area contributed by atoms with Crippen molar-refractivity contribution in [3.63, 3.8) is 0 Å². The van der Waals surface area contributed by atoms with Crippen LogP contribution in [0, 0.1) is 6.92 Å². The summed E-state index contributed by atoms with van der Waals surface area (Å²) in [7, 11) is 0. The van der Waals surface area contributed by atoms with Gasteiger partial charge in [-0.2, -0.15) is 13.2 Å². The number of halogens is 3. The lowest BCUT2D eigenvalue weighted by Crippen LogP contribution is -2.27. The number of benzene rings is 1. The number of carbonyl (C=O) groups is 2. The molecule has 0 bridgehead atoms. The van der Waals surface area contributed by atoms with Crippen molar-refractivity contribution in [1.29, 1.82) is 0 Å². The van der Waals surface area contributed by atoms with Crippen molar-refractivity contribution in [2.45, 2.75) is 32.6 Å². The number of carboxylic acid groups (broad SMARTS) is 1. The molecule has 0 radical (unpaired) electrons. The summed E-state index contributed by atoms with van der Waals surface area (Å²) in [6, 6.07) is 5.75. The molecule has 1 aliphatic heterocycles. The summed E-state index contributed by atoms with van der Waals surface area (Å²) in [5.41, 5.74) is 1.69. The van der Waals surface area contributed by atoms with Gasteiger partial charge in [0.2, 0.25) is 0 Å². The van der Waals surface area contributed by atoms with Crippen molar-refractivity contribution in [2.75, 3.05) is 6.61 Å². The highest BCUT2D eigenvalue weighted by atomic mass is 19.4. The van der Waals surface area contributed by atoms with E-state index in [1.807, 2.05) is 0 Å². The van der Waals surface area contributed by atoms with Crippen LogP contribution in [0.4, 0.5) is 13.2 Å². The molecular formula is C19H17F3N2O4. The van der Waals surface area contributed by atoms with Gasteiger partial charge < -0.3 is 14.7 Å². The van der Waals surface area contributed by atoms with Crippen LogP contribution in [0.2, 0.25) is 0 Å². The molecule has 0 spiro atoms. The maximum absolute atomic E-state index is 12.7. The first-order chi connectivity index (χ1) is 13.1. The van der Waals surface area contributed by atoms with E-state index in [0.29, 0.717) is 22.3 Å². The molecule has 0 saturated carbocycles. The van der Waals surface area contributed by atoms with E-state index in [1.165, 1.54) is 23.2 Å². The molecule has 6 nitrogen and oxygen atoms in total. The number of alkyl halides is 3. The fraction of sp³-hybridized carbons (Fsp3) is 0.316. The van der Waals surface area contributed by atoms with Crippen LogP contribution in [0.15, 0.2) is 30.5 Å². The average molecular weight is 394 g/mol. The van der Waals surface area contributed by atoms with Gasteiger partial charge >= 0.3 is 12.1 Å². The molecular weight excluding hydrogens is 377 g/mol. The van der Waals surface area contributed by atoms with Crippen LogP contribution in [0.1, 0.15) is 50.5 Å². The summed E-state index contributed by atoms with van der Waals surface area (Å²) < 4.78 is 41.8. The SMILES string of the molecule is Cc1cc(C(C)N2Cc3c(ccnc3C(=O)O)C2=O)ccc1OCC(F)(F)F. The Bertz CT molecular complexity index is 943. The number of rotatable bonds is 5. The van der Waals surface area contributed by atoms with Gasteiger partial charge in [-0.3, -0.25) is 4.79 Å². The molecule has 1 aromatic heterocycles. The van der Waals surface area contributed by atoms with Crippen molar-refractivity contribution >= 4 is 11.9 Å². The fourth-order valence-corrected chi connectivity index (χ4v) is 3.18. The van der Waals surface area contributed by atoms with Gasteiger partial charge in [0, 0.05) is 23.9 Å². The second kappa shape index (κ2) is 7.14. The van der Waals surface area contributed by atoms with Gasteiger partial charge in [0.1, 0.15) is 5.75 Å². The van der Waals surface area contributed by atoms with E-state index >= 15 is 0 Å². The summed E-state index contributed by atoms with van der Waals surface area (Å²) in [4.78, 5) is 29.4. The molecule has 0 fully saturated rings. The van der Waals surface area contributed by atoms with Crippen LogP contribution < -0.4 is 4.74 Å². The zero-order chi connectivity index (χ0) is 20.6. The van der Waals surface area contributed by atoms with Crippen LogP contribution in [-0.4, -0.2) is 39.7 Å². The van der Waals surface area contributed by atoms with E-state index in [-0.39, 0.29) is 23.9 Å². The molecule has 2 heterocycles. The Morgan fingerprint density at radius 1 is 1.36 bits per heavy atom. The number of aromatic carboxylic acids is 1. The van der Waals surface area contributed by atoms with Gasteiger partial charge in [-0.05, 0) is 37.1 Å². The molecule has 1 N–H and O–H groups in total. The minimum atomic E-state index is -4.43. The standard InChI is InChI=1S/C19H17F3N2O4/c1-10-7-12(3-4-15(10)28-9-19(20,21)22)11(2)24-8-14-13(17(24)25)5-6-23-16(14)18(26)27/h3-7,11H,8-9H2,1-2H3,(H,26,27). The summed E-state index contributed by atoms with van der Waals surface area (Å²) in [6.07, 6.45) is -3.15. The maximum atomic E-state index is 12.7. The van der Waals surface area contributed by atoms with E-state index < -0.39 is 24.8 Å². The van der Waals surface area contributed by atoms with Crippen LogP contribution in [0.25, 0.3) is 0 Å². The summed E-state index contributed by atoms with van der Waals surface area (Å²) in [5, 5.41) is 9.27. The number of carbonyl (C=O) groups excluding carboxylic acids is 1. The maximum Gasteiger partial charge on any atom is 0.422 e. The van der Waals surface area contributed by atoms with Gasteiger partial charge in [-0.25, -0.2) is 9.78 Å². The van der Waals surface area contributed by atoms with Crippen molar-refractivity contribution in [1.82, 2.24) is 9.88 Å². The Morgan fingerprint density at radius 3 is 2.68 bits per heavy atom. The number of fused-ring (bicyclic) bond motifs is 1. The van der Waals surface area contributed by atoms with Crippen molar-refractivity contribution in [2.24, 2.45) is 0 Å². The number of pyridine rings is 1. The highest BCUT2D eigenvalue weighted by molar-refractivity contribution is 6.01. The monoisotopic (exact) mass is 394 g/mol. The Hall–Kier alpha value is -3.10. The lowest BCUT2D eigenvalue weighted by molar-refractivity contribution is -0.153. The Balaban J connectivity index is 1.82. The predicted molar refractivity (Wildman–Crippen MR) is 92.2 cm³/mol. The van der Waals surface area contributed by atoms with Crippen LogP contribution in [-0.2, 0) is 6.54 Å². The topological polar surface area (TPSA) is 79.7 Å². The first-order valence-electron chi connectivity index (χ1n) is 8.40. The molecule has 0 saturated heterocycles. The molecule has 1 aromatic carbocycles. The molecule has 1 aliphatic rings. The van der Waals surface area contributed by atoms with Crippen LogP contribution in [0.3, 0.4) is 0 Å². The summed E-state index contributed by atoms with van der Waals surface area (Å²) >= 11 is 0. The number of ether oxygens (including phenoxy) is 1. The zero-order valence-corrected chi connectivity index (χ0v) is 15.1. The predicted octanol–water partition coefficient (Wildman–Crippen LogP) is 3.75.